The number of rotatable bonds is 8. The number of aryl methyl sites for hydroxylation is 3. The second-order valence-corrected chi connectivity index (χ2v) is 10.9. The van der Waals surface area contributed by atoms with E-state index in [0.717, 1.165) is 16.7 Å². The summed E-state index contributed by atoms with van der Waals surface area (Å²) in [6, 6.07) is 8.55. The van der Waals surface area contributed by atoms with Gasteiger partial charge in [0.1, 0.15) is 17.7 Å². The fourth-order valence-electron chi connectivity index (χ4n) is 4.14. The van der Waals surface area contributed by atoms with Crippen LogP contribution in [0.25, 0.3) is 0 Å². The Labute approximate surface area is 223 Å². The van der Waals surface area contributed by atoms with Gasteiger partial charge in [-0.15, -0.1) is 0 Å². The van der Waals surface area contributed by atoms with Crippen LogP contribution in [-0.4, -0.2) is 52.2 Å². The number of halogens is 1. The van der Waals surface area contributed by atoms with Crippen LogP contribution in [0.1, 0.15) is 61.9 Å². The highest BCUT2D eigenvalue weighted by Gasteiger charge is 2.44. The first kappa shape index (κ1) is 28.5. The summed E-state index contributed by atoms with van der Waals surface area (Å²) in [6.07, 6.45) is 0.585. The van der Waals surface area contributed by atoms with Gasteiger partial charge in [0, 0.05) is 6.04 Å². The largest absolute Gasteiger partial charge is 0.444 e. The van der Waals surface area contributed by atoms with Crippen LogP contribution >= 0.6 is 11.6 Å². The van der Waals surface area contributed by atoms with Crippen LogP contribution in [-0.2, 0) is 14.3 Å². The topological polar surface area (TPSA) is 108 Å². The minimum absolute atomic E-state index is 0.218. The molecule has 0 aliphatic heterocycles. The number of aliphatic hydroxyl groups is 1. The number of anilines is 1. The number of benzene rings is 2. The summed E-state index contributed by atoms with van der Waals surface area (Å²) in [5, 5.41) is 15.8. The van der Waals surface area contributed by atoms with Crippen molar-refractivity contribution in [2.75, 3.05) is 11.9 Å². The molecule has 0 spiro atoms. The molecule has 37 heavy (non-hydrogen) atoms. The van der Waals surface area contributed by atoms with Gasteiger partial charge in [0.05, 0.1) is 17.3 Å². The Morgan fingerprint density at radius 3 is 2.35 bits per heavy atom. The minimum Gasteiger partial charge on any atom is -0.444 e. The normalized spacial score (nSPS) is 14.9. The highest BCUT2D eigenvalue weighted by atomic mass is 35.5. The fourth-order valence-corrected chi connectivity index (χ4v) is 4.41. The predicted octanol–water partition coefficient (Wildman–Crippen LogP) is 4.82. The van der Waals surface area contributed by atoms with Gasteiger partial charge in [-0.25, -0.2) is 4.79 Å². The zero-order valence-corrected chi connectivity index (χ0v) is 23.0. The summed E-state index contributed by atoms with van der Waals surface area (Å²) >= 11 is 6.39. The molecule has 0 saturated heterocycles. The predicted molar refractivity (Wildman–Crippen MR) is 144 cm³/mol. The molecule has 1 aliphatic carbocycles. The molecule has 8 nitrogen and oxygen atoms in total. The summed E-state index contributed by atoms with van der Waals surface area (Å²) in [6.45, 7) is 10.1. The molecule has 0 aromatic heterocycles. The zero-order chi connectivity index (χ0) is 27.5. The molecular formula is C28H36ClN3O5. The molecule has 3 N–H and O–H groups in total. The molecule has 200 valence electrons. The third-order valence-electron chi connectivity index (χ3n) is 6.09. The van der Waals surface area contributed by atoms with Crippen molar-refractivity contribution in [2.45, 2.75) is 78.1 Å². The third kappa shape index (κ3) is 7.23. The van der Waals surface area contributed by atoms with Crippen molar-refractivity contribution >= 4 is 35.2 Å². The van der Waals surface area contributed by atoms with Gasteiger partial charge in [-0.1, -0.05) is 47.5 Å². The maximum atomic E-state index is 13.9. The number of amides is 3. The van der Waals surface area contributed by atoms with Gasteiger partial charge < -0.3 is 25.4 Å². The van der Waals surface area contributed by atoms with Crippen molar-refractivity contribution in [1.82, 2.24) is 10.2 Å². The lowest BCUT2D eigenvalue weighted by molar-refractivity contribution is -0.142. The Morgan fingerprint density at radius 1 is 1.11 bits per heavy atom. The van der Waals surface area contributed by atoms with Crippen LogP contribution in [0.15, 0.2) is 36.4 Å². The molecular weight excluding hydrogens is 494 g/mol. The summed E-state index contributed by atoms with van der Waals surface area (Å²) in [7, 11) is 0. The maximum absolute atomic E-state index is 13.9. The number of nitrogens with one attached hydrogen (secondary N) is 2. The first-order valence-corrected chi connectivity index (χ1v) is 12.8. The van der Waals surface area contributed by atoms with Gasteiger partial charge in [-0.2, -0.15) is 0 Å². The molecule has 2 unspecified atom stereocenters. The summed E-state index contributed by atoms with van der Waals surface area (Å²) in [4.78, 5) is 41.7. The second kappa shape index (κ2) is 11.5. The van der Waals surface area contributed by atoms with Crippen LogP contribution in [0.3, 0.4) is 0 Å². The van der Waals surface area contributed by atoms with E-state index in [4.69, 9.17) is 16.3 Å². The van der Waals surface area contributed by atoms with E-state index in [0.29, 0.717) is 29.1 Å². The molecule has 2 aromatic rings. The van der Waals surface area contributed by atoms with Gasteiger partial charge in [-0.05, 0) is 77.1 Å². The lowest BCUT2D eigenvalue weighted by Gasteiger charge is -2.35. The van der Waals surface area contributed by atoms with Crippen LogP contribution in [0.4, 0.5) is 10.5 Å². The first-order chi connectivity index (χ1) is 17.3. The van der Waals surface area contributed by atoms with E-state index in [2.05, 4.69) is 10.6 Å². The number of hydrogen-bond acceptors (Lipinski definition) is 5. The van der Waals surface area contributed by atoms with Crippen molar-refractivity contribution in [3.05, 3.63) is 63.7 Å². The molecule has 1 aliphatic rings. The smallest absolute Gasteiger partial charge is 0.408 e. The number of nitrogens with zero attached hydrogens (tertiary/aromatic N) is 1. The minimum atomic E-state index is -1.28. The number of ether oxygens (including phenoxy) is 1. The van der Waals surface area contributed by atoms with E-state index in [1.54, 1.807) is 32.9 Å². The summed E-state index contributed by atoms with van der Waals surface area (Å²) in [5.74, 6) is -0.994. The van der Waals surface area contributed by atoms with E-state index < -0.39 is 42.2 Å². The van der Waals surface area contributed by atoms with Crippen molar-refractivity contribution in [2.24, 2.45) is 0 Å². The van der Waals surface area contributed by atoms with Crippen molar-refractivity contribution in [1.29, 1.82) is 0 Å². The second-order valence-electron chi connectivity index (χ2n) is 10.5. The molecule has 0 heterocycles. The Kier molecular flexibility index (Phi) is 8.87. The van der Waals surface area contributed by atoms with Crippen LogP contribution in [0, 0.1) is 20.8 Å². The standard InChI is InChI=1S/C28H36ClN3O5/c1-16-10-11-17(2)20(14-16)24(25(34)31-23-18(3)8-7-9-21(23)29)32(19-12-13-19)26(35)22(15-33)30-27(36)37-28(4,5)6/h7-11,14,19,22,24,33H,12-13,15H2,1-6H3,(H,30,36)(H,31,34). The zero-order valence-electron chi connectivity index (χ0n) is 22.2. The summed E-state index contributed by atoms with van der Waals surface area (Å²) < 4.78 is 5.28. The van der Waals surface area contributed by atoms with Crippen LogP contribution in [0.5, 0.6) is 0 Å². The van der Waals surface area contributed by atoms with E-state index in [1.807, 2.05) is 45.0 Å². The van der Waals surface area contributed by atoms with Gasteiger partial charge in [0.2, 0.25) is 5.91 Å². The van der Waals surface area contributed by atoms with E-state index >= 15 is 0 Å². The Hall–Kier alpha value is -3.10. The molecule has 9 heteroatoms. The SMILES string of the molecule is Cc1ccc(C)c(C(C(=O)Nc2c(C)cccc2Cl)N(C(=O)C(CO)NC(=O)OC(C)(C)C)C2CC2)c1. The molecule has 1 saturated carbocycles. The van der Waals surface area contributed by atoms with Gasteiger partial charge >= 0.3 is 6.09 Å². The van der Waals surface area contributed by atoms with E-state index in [1.165, 1.54) is 4.90 Å². The fraction of sp³-hybridized carbons (Fsp3) is 0.464. The number of aliphatic hydroxyl groups excluding tert-OH is 1. The molecule has 0 bridgehead atoms. The molecule has 3 rings (SSSR count). The maximum Gasteiger partial charge on any atom is 0.408 e. The van der Waals surface area contributed by atoms with E-state index in [-0.39, 0.29) is 6.04 Å². The number of para-hydroxylation sites is 1. The Balaban J connectivity index is 2.03. The highest BCUT2D eigenvalue weighted by Crippen LogP contribution is 2.38. The van der Waals surface area contributed by atoms with Crippen LogP contribution < -0.4 is 10.6 Å². The van der Waals surface area contributed by atoms with Gasteiger partial charge in [0.25, 0.3) is 5.91 Å². The summed E-state index contributed by atoms with van der Waals surface area (Å²) in [5.41, 5.74) is 2.90. The molecule has 0 radical (unpaired) electrons. The lowest BCUT2D eigenvalue weighted by Crippen LogP contribution is -2.54. The van der Waals surface area contributed by atoms with E-state index in [9.17, 15) is 19.5 Å². The molecule has 2 aromatic carbocycles. The number of alkyl carbamates (subject to hydrolysis) is 1. The van der Waals surface area contributed by atoms with Gasteiger partial charge in [-0.3, -0.25) is 9.59 Å². The van der Waals surface area contributed by atoms with Crippen molar-refractivity contribution in [3.63, 3.8) is 0 Å². The van der Waals surface area contributed by atoms with Crippen molar-refractivity contribution in [3.8, 4) is 0 Å². The molecule has 1 fully saturated rings. The van der Waals surface area contributed by atoms with Crippen LogP contribution in [0.2, 0.25) is 5.02 Å². The number of hydrogen-bond donors (Lipinski definition) is 3. The lowest BCUT2D eigenvalue weighted by atomic mass is 9.95. The Morgan fingerprint density at radius 2 is 1.78 bits per heavy atom. The van der Waals surface area contributed by atoms with Crippen molar-refractivity contribution < 1.29 is 24.2 Å². The number of carbonyl (C=O) groups excluding carboxylic acids is 3. The highest BCUT2D eigenvalue weighted by molar-refractivity contribution is 6.34. The average Bonchev–Trinajstić information content (AvgIpc) is 3.63. The third-order valence-corrected chi connectivity index (χ3v) is 6.41. The Bertz CT molecular complexity index is 1150. The first-order valence-electron chi connectivity index (χ1n) is 12.4. The number of carbonyl (C=O) groups is 3. The average molecular weight is 530 g/mol. The molecule has 2 atom stereocenters. The quantitative estimate of drug-likeness (QED) is 0.454. The molecule has 3 amide bonds. The van der Waals surface area contributed by atoms with Gasteiger partial charge in [0.15, 0.2) is 0 Å². The monoisotopic (exact) mass is 529 g/mol.